The molecule has 5 rings (SSSR count). The van der Waals surface area contributed by atoms with E-state index in [9.17, 15) is 14.4 Å². The van der Waals surface area contributed by atoms with E-state index in [1.54, 1.807) is 12.1 Å². The molecule has 2 aliphatic heterocycles. The zero-order chi connectivity index (χ0) is 27.4. The summed E-state index contributed by atoms with van der Waals surface area (Å²) in [6, 6.07) is 15.1. The number of fused-ring (bicyclic) bond motifs is 2. The lowest BCUT2D eigenvalue weighted by atomic mass is 9.86. The number of hydrogen-bond acceptors (Lipinski definition) is 7. The number of rotatable bonds is 3. The highest BCUT2D eigenvalue weighted by molar-refractivity contribution is 5.99. The lowest BCUT2D eigenvalue weighted by Gasteiger charge is -2.27. The fourth-order valence-electron chi connectivity index (χ4n) is 5.25. The Morgan fingerprint density at radius 1 is 0.974 bits per heavy atom. The van der Waals surface area contributed by atoms with Crippen molar-refractivity contribution in [2.45, 2.75) is 63.9 Å². The van der Waals surface area contributed by atoms with E-state index in [0.29, 0.717) is 66.3 Å². The monoisotopic (exact) mass is 528 g/mol. The highest BCUT2D eigenvalue weighted by atomic mass is 16.5. The Balaban J connectivity index is 1.60. The van der Waals surface area contributed by atoms with Gasteiger partial charge in [0.25, 0.3) is 0 Å². The molecule has 0 saturated carbocycles. The summed E-state index contributed by atoms with van der Waals surface area (Å²) in [5.41, 5.74) is 2.31. The van der Waals surface area contributed by atoms with Crippen LogP contribution in [0.15, 0.2) is 59.0 Å². The van der Waals surface area contributed by atoms with E-state index in [0.717, 1.165) is 12.0 Å². The molecule has 0 saturated heterocycles. The van der Waals surface area contributed by atoms with E-state index in [2.05, 4.69) is 0 Å². The third-order valence-corrected chi connectivity index (χ3v) is 7.19. The van der Waals surface area contributed by atoms with Crippen LogP contribution in [-0.2, 0) is 14.3 Å². The minimum Gasteiger partial charge on any atom is -0.495 e. The van der Waals surface area contributed by atoms with Crippen LogP contribution in [0.5, 0.6) is 11.5 Å². The van der Waals surface area contributed by atoms with Crippen LogP contribution in [0.3, 0.4) is 0 Å². The first-order valence-corrected chi connectivity index (χ1v) is 13.4. The molecular formula is C32H32O7. The molecule has 7 nitrogen and oxygen atoms in total. The Hall–Kier alpha value is -4.13. The van der Waals surface area contributed by atoms with Crippen LogP contribution in [0.1, 0.15) is 85.0 Å². The van der Waals surface area contributed by atoms with E-state index in [1.807, 2.05) is 55.5 Å². The normalized spacial score (nSPS) is 21.1. The maximum absolute atomic E-state index is 13.6. The fraction of sp³-hybridized carbons (Fsp3) is 0.344. The Morgan fingerprint density at radius 3 is 2.56 bits per heavy atom. The molecule has 0 amide bonds. The van der Waals surface area contributed by atoms with Gasteiger partial charge in [-0.3, -0.25) is 9.59 Å². The molecule has 7 heteroatoms. The number of Topliss-reactive ketones (excluding diaryl/α,β-unsaturated/α-hetero) is 1. The Bertz CT molecular complexity index is 1400. The fourth-order valence-corrected chi connectivity index (χ4v) is 5.25. The molecule has 0 spiro atoms. The standard InChI is InChI=1S/C32H32O7/c1-20-10-9-15-23(33)14-8-4-7-13-22-18-27-30(31(36-2)29(22)32(35)37-20)24(19-28(34)39-27)26-17-16-25(38-26)21-11-5-3-6-12-21/h3,5-7,11-13,16-18,20,24H,4,8-10,14-15,19H2,1-2H3/b13-7+/t20-,24-/m0/s1. The van der Waals surface area contributed by atoms with Gasteiger partial charge >= 0.3 is 11.9 Å². The van der Waals surface area contributed by atoms with E-state index >= 15 is 0 Å². The van der Waals surface area contributed by atoms with Gasteiger partial charge in [0.1, 0.15) is 34.4 Å². The van der Waals surface area contributed by atoms with Crippen LogP contribution in [0.2, 0.25) is 0 Å². The third kappa shape index (κ3) is 5.82. The molecule has 39 heavy (non-hydrogen) atoms. The minimum absolute atomic E-state index is 0.0409. The Kier molecular flexibility index (Phi) is 7.96. The van der Waals surface area contributed by atoms with Crippen molar-refractivity contribution >= 4 is 23.8 Å². The van der Waals surface area contributed by atoms with Crippen molar-refractivity contribution in [1.29, 1.82) is 0 Å². The summed E-state index contributed by atoms with van der Waals surface area (Å²) in [4.78, 5) is 38.4. The topological polar surface area (TPSA) is 92.0 Å². The van der Waals surface area contributed by atoms with Crippen molar-refractivity contribution in [1.82, 2.24) is 0 Å². The summed E-state index contributed by atoms with van der Waals surface area (Å²) >= 11 is 0. The largest absolute Gasteiger partial charge is 0.495 e. The van der Waals surface area contributed by atoms with E-state index in [4.69, 9.17) is 18.6 Å². The molecule has 1 aromatic heterocycles. The number of hydrogen-bond donors (Lipinski definition) is 0. The Morgan fingerprint density at radius 2 is 1.77 bits per heavy atom. The molecule has 0 radical (unpaired) electrons. The van der Waals surface area contributed by atoms with Crippen LogP contribution in [0, 0.1) is 0 Å². The maximum Gasteiger partial charge on any atom is 0.342 e. The van der Waals surface area contributed by atoms with Gasteiger partial charge in [-0.15, -0.1) is 0 Å². The molecule has 0 fully saturated rings. The van der Waals surface area contributed by atoms with Gasteiger partial charge < -0.3 is 18.6 Å². The van der Waals surface area contributed by atoms with Gasteiger partial charge in [-0.2, -0.15) is 0 Å². The third-order valence-electron chi connectivity index (χ3n) is 7.19. The first kappa shape index (κ1) is 26.5. The molecule has 3 aromatic rings. The van der Waals surface area contributed by atoms with Crippen molar-refractivity contribution in [2.75, 3.05) is 7.11 Å². The number of furan rings is 1. The number of benzene rings is 2. The first-order chi connectivity index (χ1) is 18.9. The van der Waals surface area contributed by atoms with E-state index in [-0.39, 0.29) is 23.9 Å². The van der Waals surface area contributed by atoms with Gasteiger partial charge in [-0.05, 0) is 56.4 Å². The number of ketones is 1. The molecule has 2 atom stereocenters. The summed E-state index contributed by atoms with van der Waals surface area (Å²) in [6.45, 7) is 1.83. The molecule has 0 bridgehead atoms. The number of esters is 2. The van der Waals surface area contributed by atoms with Crippen LogP contribution >= 0.6 is 0 Å². The van der Waals surface area contributed by atoms with E-state index < -0.39 is 17.9 Å². The van der Waals surface area contributed by atoms with Gasteiger partial charge in [-0.25, -0.2) is 4.79 Å². The Labute approximate surface area is 227 Å². The molecule has 2 aliphatic rings. The summed E-state index contributed by atoms with van der Waals surface area (Å²) in [7, 11) is 1.50. The molecule has 202 valence electrons. The predicted molar refractivity (Wildman–Crippen MR) is 146 cm³/mol. The summed E-state index contributed by atoms with van der Waals surface area (Å²) in [5, 5.41) is 0. The van der Waals surface area contributed by atoms with Gasteiger partial charge in [0.2, 0.25) is 0 Å². The molecule has 0 N–H and O–H groups in total. The summed E-state index contributed by atoms with van der Waals surface area (Å²) in [6.07, 6.45) is 7.05. The lowest BCUT2D eigenvalue weighted by Crippen LogP contribution is -2.24. The predicted octanol–water partition coefficient (Wildman–Crippen LogP) is 6.88. The van der Waals surface area contributed by atoms with Crippen molar-refractivity contribution in [2.24, 2.45) is 0 Å². The van der Waals surface area contributed by atoms with Gasteiger partial charge in [-0.1, -0.05) is 42.5 Å². The van der Waals surface area contributed by atoms with Gasteiger partial charge in [0.15, 0.2) is 0 Å². The van der Waals surface area contributed by atoms with Crippen LogP contribution in [0.25, 0.3) is 17.4 Å². The maximum atomic E-state index is 13.6. The molecule has 0 unspecified atom stereocenters. The zero-order valence-corrected chi connectivity index (χ0v) is 22.2. The van der Waals surface area contributed by atoms with Crippen LogP contribution in [-0.4, -0.2) is 30.9 Å². The molecule has 3 heterocycles. The SMILES string of the molecule is COc1c2c(cc3c1[C@H](c1ccc(-c4ccccc4)o1)CC(=O)O3)/C=C/CCCC(=O)CCC[C@H](C)OC2=O. The number of cyclic esters (lactones) is 1. The highest BCUT2D eigenvalue weighted by Crippen LogP contribution is 2.48. The zero-order valence-electron chi connectivity index (χ0n) is 22.2. The average Bonchev–Trinajstić information content (AvgIpc) is 3.42. The minimum atomic E-state index is -0.523. The summed E-state index contributed by atoms with van der Waals surface area (Å²) < 4.78 is 23.6. The van der Waals surface area contributed by atoms with Gasteiger partial charge in [0, 0.05) is 24.0 Å². The quantitative estimate of drug-likeness (QED) is 0.270. The smallest absolute Gasteiger partial charge is 0.342 e. The van der Waals surface area contributed by atoms with Gasteiger partial charge in [0.05, 0.1) is 25.6 Å². The second-order valence-electron chi connectivity index (χ2n) is 10.0. The second kappa shape index (κ2) is 11.7. The van der Waals surface area contributed by atoms with Crippen molar-refractivity contribution in [3.8, 4) is 22.8 Å². The van der Waals surface area contributed by atoms with Crippen molar-refractivity contribution in [3.63, 3.8) is 0 Å². The highest BCUT2D eigenvalue weighted by Gasteiger charge is 2.37. The molecule has 2 aromatic carbocycles. The number of carbonyl (C=O) groups excluding carboxylic acids is 3. The van der Waals surface area contributed by atoms with Crippen LogP contribution < -0.4 is 9.47 Å². The summed E-state index contributed by atoms with van der Waals surface area (Å²) in [5.74, 6) is 0.685. The first-order valence-electron chi connectivity index (χ1n) is 13.4. The van der Waals surface area contributed by atoms with Crippen LogP contribution in [0.4, 0.5) is 0 Å². The number of ether oxygens (including phenoxy) is 3. The molecule has 0 aliphatic carbocycles. The van der Waals surface area contributed by atoms with E-state index in [1.165, 1.54) is 7.11 Å². The number of carbonyl (C=O) groups is 3. The lowest BCUT2D eigenvalue weighted by molar-refractivity contribution is -0.135. The number of methoxy groups -OCH3 is 1. The second-order valence-corrected chi connectivity index (χ2v) is 10.0. The average molecular weight is 529 g/mol. The van der Waals surface area contributed by atoms with Crippen molar-refractivity contribution < 1.29 is 33.0 Å². The number of allylic oxidation sites excluding steroid dienone is 1. The molecular weight excluding hydrogens is 496 g/mol. The van der Waals surface area contributed by atoms with Crippen molar-refractivity contribution in [3.05, 3.63) is 77.1 Å².